The maximum atomic E-state index is 12.3. The zero-order chi connectivity index (χ0) is 25.2. The van der Waals surface area contributed by atoms with E-state index in [0.29, 0.717) is 11.3 Å². The van der Waals surface area contributed by atoms with Gasteiger partial charge >= 0.3 is 6.36 Å². The molecule has 35 heavy (non-hydrogen) atoms. The number of rotatable bonds is 6. The molecule has 0 aliphatic carbocycles. The summed E-state index contributed by atoms with van der Waals surface area (Å²) in [7, 11) is 0. The number of carbonyl (C=O) groups is 1. The Bertz CT molecular complexity index is 1350. The monoisotopic (exact) mass is 484 g/mol. The molecule has 3 aromatic carbocycles. The Hall–Kier alpha value is -4.94. The van der Waals surface area contributed by atoms with E-state index in [2.05, 4.69) is 14.8 Å². The number of alkyl halides is 3. The van der Waals surface area contributed by atoms with Gasteiger partial charge in [-0.05, 0) is 60.7 Å². The third kappa shape index (κ3) is 5.35. The number of halogens is 3. The number of non-ortho nitro benzene ring substituents is 1. The van der Waals surface area contributed by atoms with Crippen molar-refractivity contribution in [3.05, 3.63) is 89.2 Å². The Morgan fingerprint density at radius 3 is 2.03 bits per heavy atom. The molecule has 1 amide bonds. The number of hydrogen-bond acceptors (Lipinski definition) is 7. The predicted octanol–water partition coefficient (Wildman–Crippen LogP) is 4.22. The number of benzene rings is 3. The molecule has 0 fully saturated rings. The van der Waals surface area contributed by atoms with E-state index in [1.54, 1.807) is 12.1 Å². The van der Waals surface area contributed by atoms with Crippen LogP contribution >= 0.6 is 0 Å². The van der Waals surface area contributed by atoms with Crippen molar-refractivity contribution in [1.29, 1.82) is 0 Å². The number of nitrogens with zero attached hydrogens (tertiary/aromatic N) is 5. The molecule has 4 aromatic rings. The van der Waals surface area contributed by atoms with Gasteiger partial charge in [-0.1, -0.05) is 0 Å². The average molecular weight is 484 g/mol. The molecule has 0 saturated heterocycles. The van der Waals surface area contributed by atoms with Gasteiger partial charge in [0.15, 0.2) is 5.82 Å². The van der Waals surface area contributed by atoms with Crippen molar-refractivity contribution in [3.63, 3.8) is 0 Å². The van der Waals surface area contributed by atoms with Crippen molar-refractivity contribution in [3.8, 4) is 22.8 Å². The van der Waals surface area contributed by atoms with Gasteiger partial charge in [-0.2, -0.15) is 0 Å². The molecule has 0 unspecified atom stereocenters. The fraction of sp³-hybridized carbons (Fsp3) is 0.0455. The Balaban J connectivity index is 1.54. The van der Waals surface area contributed by atoms with Gasteiger partial charge in [-0.25, -0.2) is 9.67 Å². The Morgan fingerprint density at radius 2 is 1.51 bits per heavy atom. The van der Waals surface area contributed by atoms with Crippen LogP contribution in [0.25, 0.3) is 17.1 Å². The van der Waals surface area contributed by atoms with E-state index in [1.807, 2.05) is 0 Å². The molecule has 4 rings (SSSR count). The van der Waals surface area contributed by atoms with Crippen LogP contribution in [0.4, 0.5) is 35.0 Å². The summed E-state index contributed by atoms with van der Waals surface area (Å²) in [5, 5.41) is 26.8. The first kappa shape index (κ1) is 23.2. The van der Waals surface area contributed by atoms with Crippen molar-refractivity contribution in [2.75, 3.05) is 4.90 Å². The molecule has 0 saturated carbocycles. The highest BCUT2D eigenvalue weighted by molar-refractivity contribution is 5.93. The van der Waals surface area contributed by atoms with Crippen LogP contribution in [0.3, 0.4) is 0 Å². The summed E-state index contributed by atoms with van der Waals surface area (Å²) < 4.78 is 42.1. The van der Waals surface area contributed by atoms with Crippen LogP contribution in [-0.2, 0) is 0 Å². The highest BCUT2D eigenvalue weighted by Gasteiger charge is 2.31. The van der Waals surface area contributed by atoms with Crippen molar-refractivity contribution < 1.29 is 32.7 Å². The fourth-order valence-corrected chi connectivity index (χ4v) is 3.16. The summed E-state index contributed by atoms with van der Waals surface area (Å²) in [4.78, 5) is 27.0. The van der Waals surface area contributed by atoms with Gasteiger partial charge in [0.05, 0.1) is 10.6 Å². The van der Waals surface area contributed by atoms with Crippen molar-refractivity contribution in [2.45, 2.75) is 6.36 Å². The number of carbonyl (C=O) groups excluding carboxylic acids is 1. The maximum absolute atomic E-state index is 12.3. The number of carboxylic acid groups (broad SMARTS) is 1. The standard InChI is InChI=1S/C22H14F3N5O5/c23-22(24,25)35-19-11-9-15(10-12-19)28-13-26-20(27-28)14-1-3-16(4-2-14)29(21(31)32)17-5-7-18(8-6-17)30(33)34/h1-13H,(H,31,32)/p-1. The lowest BCUT2D eigenvalue weighted by Gasteiger charge is -2.25. The summed E-state index contributed by atoms with van der Waals surface area (Å²) in [6.45, 7) is 0. The minimum Gasteiger partial charge on any atom is -0.529 e. The predicted molar refractivity (Wildman–Crippen MR) is 114 cm³/mol. The van der Waals surface area contributed by atoms with E-state index in [0.717, 1.165) is 17.0 Å². The number of anilines is 2. The summed E-state index contributed by atoms with van der Waals surface area (Å²) >= 11 is 0. The smallest absolute Gasteiger partial charge is 0.529 e. The van der Waals surface area contributed by atoms with Gasteiger partial charge in [0.2, 0.25) is 0 Å². The number of nitro groups is 1. The molecule has 0 aliphatic heterocycles. The minimum atomic E-state index is -4.79. The van der Waals surface area contributed by atoms with Crippen molar-refractivity contribution >= 4 is 23.2 Å². The van der Waals surface area contributed by atoms with Crippen LogP contribution in [0.5, 0.6) is 5.75 Å². The van der Waals surface area contributed by atoms with Gasteiger partial charge in [0.25, 0.3) is 5.69 Å². The lowest BCUT2D eigenvalue weighted by atomic mass is 10.1. The Morgan fingerprint density at radius 1 is 0.943 bits per heavy atom. The van der Waals surface area contributed by atoms with E-state index in [1.165, 1.54) is 59.5 Å². The minimum absolute atomic E-state index is 0.156. The molecule has 1 heterocycles. The van der Waals surface area contributed by atoms with Crippen LogP contribution in [0.2, 0.25) is 0 Å². The molecule has 1 aromatic heterocycles. The summed E-state index contributed by atoms with van der Waals surface area (Å²) in [6, 6.07) is 16.1. The summed E-state index contributed by atoms with van der Waals surface area (Å²) in [5.74, 6) is -0.0924. The third-order valence-electron chi connectivity index (χ3n) is 4.71. The number of amides is 1. The molecule has 0 aliphatic rings. The fourth-order valence-electron chi connectivity index (χ4n) is 3.16. The molecule has 0 bridgehead atoms. The van der Waals surface area contributed by atoms with Crippen LogP contribution in [-0.4, -0.2) is 32.1 Å². The van der Waals surface area contributed by atoms with Gasteiger partial charge in [0.1, 0.15) is 18.2 Å². The SMILES string of the molecule is O=C([O-])N(c1ccc(-c2ncn(-c3ccc(OC(F)(F)F)cc3)n2)cc1)c1ccc([N+](=O)[O-])cc1. The zero-order valence-electron chi connectivity index (χ0n) is 17.4. The molecule has 178 valence electrons. The molecule has 10 nitrogen and oxygen atoms in total. The van der Waals surface area contributed by atoms with Gasteiger partial charge in [-0.15, -0.1) is 18.3 Å². The molecule has 0 atom stereocenters. The first-order valence-electron chi connectivity index (χ1n) is 9.74. The molecule has 13 heteroatoms. The van der Waals surface area contributed by atoms with Gasteiger partial charge in [0, 0.05) is 29.1 Å². The van der Waals surface area contributed by atoms with Crippen LogP contribution in [0.1, 0.15) is 0 Å². The van der Waals surface area contributed by atoms with Crippen LogP contribution in [0, 0.1) is 10.1 Å². The van der Waals surface area contributed by atoms with Gasteiger partial charge in [-0.3, -0.25) is 15.0 Å². The Kier molecular flexibility index (Phi) is 6.06. The highest BCUT2D eigenvalue weighted by Crippen LogP contribution is 2.29. The topological polar surface area (TPSA) is 126 Å². The maximum Gasteiger partial charge on any atom is 0.573 e. The molecule has 0 N–H and O–H groups in total. The zero-order valence-corrected chi connectivity index (χ0v) is 17.4. The van der Waals surface area contributed by atoms with E-state index >= 15 is 0 Å². The average Bonchev–Trinajstić information content (AvgIpc) is 3.29. The lowest BCUT2D eigenvalue weighted by Crippen LogP contribution is -2.37. The second kappa shape index (κ2) is 9.13. The second-order valence-electron chi connectivity index (χ2n) is 6.98. The number of hydrogen-bond donors (Lipinski definition) is 0. The molecule has 0 spiro atoms. The number of aromatic nitrogens is 3. The quantitative estimate of drug-likeness (QED) is 0.296. The molecular weight excluding hydrogens is 471 g/mol. The van der Waals surface area contributed by atoms with E-state index < -0.39 is 17.4 Å². The third-order valence-corrected chi connectivity index (χ3v) is 4.71. The summed E-state index contributed by atoms with van der Waals surface area (Å²) in [5.41, 5.74) is 1.17. The van der Waals surface area contributed by atoms with Crippen LogP contribution in [0.15, 0.2) is 79.1 Å². The van der Waals surface area contributed by atoms with Crippen molar-refractivity contribution in [2.24, 2.45) is 0 Å². The molecular formula is C22H13F3N5O5-. The van der Waals surface area contributed by atoms with E-state index in [9.17, 15) is 33.2 Å². The largest absolute Gasteiger partial charge is 0.573 e. The van der Waals surface area contributed by atoms with Gasteiger partial charge < -0.3 is 14.6 Å². The van der Waals surface area contributed by atoms with E-state index in [4.69, 9.17) is 0 Å². The first-order valence-corrected chi connectivity index (χ1v) is 9.74. The highest BCUT2D eigenvalue weighted by atomic mass is 19.4. The summed E-state index contributed by atoms with van der Waals surface area (Å²) in [6.07, 6.45) is -4.96. The van der Waals surface area contributed by atoms with Crippen LogP contribution < -0.4 is 14.7 Å². The molecule has 0 radical (unpaired) electrons. The van der Waals surface area contributed by atoms with Crippen molar-refractivity contribution in [1.82, 2.24) is 14.8 Å². The van der Waals surface area contributed by atoms with E-state index in [-0.39, 0.29) is 28.6 Å². The lowest BCUT2D eigenvalue weighted by molar-refractivity contribution is -0.384. The first-order chi connectivity index (χ1) is 16.6. The number of ether oxygens (including phenoxy) is 1. The second-order valence-corrected chi connectivity index (χ2v) is 6.98. The number of nitro benzene ring substituents is 1. The normalized spacial score (nSPS) is 11.2. The Labute approximate surface area is 194 Å².